The van der Waals surface area contributed by atoms with Gasteiger partial charge in [0.15, 0.2) is 5.96 Å². The Labute approximate surface area is 164 Å². The normalized spacial score (nSPS) is 16.1. The summed E-state index contributed by atoms with van der Waals surface area (Å²) in [6.45, 7) is 8.43. The van der Waals surface area contributed by atoms with E-state index in [9.17, 15) is 4.79 Å². The van der Waals surface area contributed by atoms with Crippen molar-refractivity contribution in [3.05, 3.63) is 35.9 Å². The van der Waals surface area contributed by atoms with Gasteiger partial charge in [0.1, 0.15) is 0 Å². The van der Waals surface area contributed by atoms with Crippen molar-refractivity contribution in [2.45, 2.75) is 45.2 Å². The van der Waals surface area contributed by atoms with Crippen molar-refractivity contribution in [3.8, 4) is 0 Å². The van der Waals surface area contributed by atoms with Gasteiger partial charge in [-0.25, -0.2) is 4.99 Å². The van der Waals surface area contributed by atoms with E-state index in [4.69, 9.17) is 0 Å². The maximum absolute atomic E-state index is 11.9. The van der Waals surface area contributed by atoms with Crippen LogP contribution in [-0.2, 0) is 11.3 Å². The zero-order valence-corrected chi connectivity index (χ0v) is 17.3. The maximum Gasteiger partial charge on any atom is 0.241 e. The molecule has 6 heteroatoms. The number of carbonyl (C=O) groups excluding carboxylic acids is 1. The maximum atomic E-state index is 11.9. The van der Waals surface area contributed by atoms with E-state index in [1.165, 1.54) is 19.3 Å². The fraction of sp³-hybridized carbons (Fsp3) is 0.619. The van der Waals surface area contributed by atoms with Crippen LogP contribution in [0.3, 0.4) is 0 Å². The summed E-state index contributed by atoms with van der Waals surface area (Å²) in [6.07, 6.45) is 3.87. The number of likely N-dealkylation sites (tertiary alicyclic amines) is 1. The minimum Gasteiger partial charge on any atom is -0.355 e. The molecule has 0 radical (unpaired) electrons. The van der Waals surface area contributed by atoms with E-state index in [1.54, 1.807) is 19.0 Å². The molecule has 1 amide bonds. The van der Waals surface area contributed by atoms with Gasteiger partial charge in [-0.05, 0) is 45.3 Å². The van der Waals surface area contributed by atoms with Crippen molar-refractivity contribution in [2.24, 2.45) is 4.99 Å². The van der Waals surface area contributed by atoms with E-state index in [0.29, 0.717) is 12.5 Å². The van der Waals surface area contributed by atoms with Gasteiger partial charge in [-0.15, -0.1) is 0 Å². The predicted octanol–water partition coefficient (Wildman–Crippen LogP) is 2.07. The van der Waals surface area contributed by atoms with Gasteiger partial charge in [0.25, 0.3) is 0 Å². The molecule has 0 aromatic heterocycles. The monoisotopic (exact) mass is 373 g/mol. The SMILES string of the molecule is CN(C)C(=O)CNC(=NCc1ccccc1)NCC(C)(C)N1CCCCC1. The molecule has 0 bridgehead atoms. The first-order valence-corrected chi connectivity index (χ1v) is 9.90. The topological polar surface area (TPSA) is 60.0 Å². The van der Waals surface area contributed by atoms with Crippen LogP contribution in [0.15, 0.2) is 35.3 Å². The van der Waals surface area contributed by atoms with E-state index in [-0.39, 0.29) is 18.0 Å². The van der Waals surface area contributed by atoms with Crippen LogP contribution in [0.4, 0.5) is 0 Å². The Kier molecular flexibility index (Phi) is 8.10. The first-order chi connectivity index (χ1) is 12.9. The summed E-state index contributed by atoms with van der Waals surface area (Å²) in [4.78, 5) is 20.7. The van der Waals surface area contributed by atoms with Crippen LogP contribution in [-0.4, -0.2) is 67.5 Å². The van der Waals surface area contributed by atoms with Crippen molar-refractivity contribution in [1.82, 2.24) is 20.4 Å². The zero-order chi connectivity index (χ0) is 19.7. The minimum absolute atomic E-state index is 0.0273. The van der Waals surface area contributed by atoms with Crippen LogP contribution in [0.2, 0.25) is 0 Å². The van der Waals surface area contributed by atoms with Gasteiger partial charge < -0.3 is 15.5 Å². The van der Waals surface area contributed by atoms with Crippen molar-refractivity contribution < 1.29 is 4.79 Å². The first kappa shape index (κ1) is 21.2. The van der Waals surface area contributed by atoms with E-state index >= 15 is 0 Å². The molecule has 1 heterocycles. The summed E-state index contributed by atoms with van der Waals surface area (Å²) in [5.74, 6) is 0.707. The molecule has 0 atom stereocenters. The second kappa shape index (κ2) is 10.3. The number of guanidine groups is 1. The number of nitrogens with one attached hydrogen (secondary N) is 2. The van der Waals surface area contributed by atoms with Crippen LogP contribution in [0.5, 0.6) is 0 Å². The standard InChI is InChI=1S/C21H35N5O/c1-21(2,26-13-9-6-10-14-26)17-24-20(23-16-19(27)25(3)4)22-15-18-11-7-5-8-12-18/h5,7-8,11-12H,6,9-10,13-17H2,1-4H3,(H2,22,23,24). The second-order valence-electron chi connectivity index (χ2n) is 8.01. The van der Waals surface area contributed by atoms with Crippen LogP contribution < -0.4 is 10.6 Å². The zero-order valence-electron chi connectivity index (χ0n) is 17.3. The first-order valence-electron chi connectivity index (χ1n) is 9.90. The quantitative estimate of drug-likeness (QED) is 0.567. The summed E-state index contributed by atoms with van der Waals surface area (Å²) < 4.78 is 0. The molecule has 150 valence electrons. The largest absolute Gasteiger partial charge is 0.355 e. The highest BCUT2D eigenvalue weighted by Crippen LogP contribution is 2.19. The number of hydrogen-bond acceptors (Lipinski definition) is 3. The molecule has 2 N–H and O–H groups in total. The van der Waals surface area contributed by atoms with Crippen molar-refractivity contribution >= 4 is 11.9 Å². The Morgan fingerprint density at radius 1 is 1.11 bits per heavy atom. The van der Waals surface area contributed by atoms with Crippen LogP contribution in [0.25, 0.3) is 0 Å². The Bertz CT molecular complexity index is 606. The summed E-state index contributed by atoms with van der Waals surface area (Å²) in [5, 5.41) is 6.62. The van der Waals surface area contributed by atoms with Crippen molar-refractivity contribution in [2.75, 3.05) is 40.3 Å². The third-order valence-corrected chi connectivity index (χ3v) is 5.07. The lowest BCUT2D eigenvalue weighted by molar-refractivity contribution is -0.127. The highest BCUT2D eigenvalue weighted by Gasteiger charge is 2.28. The van der Waals surface area contributed by atoms with Crippen molar-refractivity contribution in [1.29, 1.82) is 0 Å². The molecule has 0 spiro atoms. The number of carbonyl (C=O) groups is 1. The molecule has 1 fully saturated rings. The van der Waals surface area contributed by atoms with Gasteiger partial charge in [0.2, 0.25) is 5.91 Å². The number of aliphatic imine (C=N–C) groups is 1. The smallest absolute Gasteiger partial charge is 0.241 e. The molecule has 0 saturated carbocycles. The summed E-state index contributed by atoms with van der Waals surface area (Å²) in [6, 6.07) is 10.1. The van der Waals surface area contributed by atoms with Gasteiger partial charge in [0.05, 0.1) is 13.1 Å². The Balaban J connectivity index is 1.98. The second-order valence-corrected chi connectivity index (χ2v) is 8.01. The highest BCUT2D eigenvalue weighted by molar-refractivity contribution is 5.86. The lowest BCUT2D eigenvalue weighted by Crippen LogP contribution is -2.55. The van der Waals surface area contributed by atoms with Crippen LogP contribution in [0.1, 0.15) is 38.7 Å². The molecular formula is C21H35N5O. The van der Waals surface area contributed by atoms with Crippen LogP contribution >= 0.6 is 0 Å². The molecule has 0 unspecified atom stereocenters. The minimum atomic E-state index is 0.0273. The summed E-state index contributed by atoms with van der Waals surface area (Å²) in [5.41, 5.74) is 1.19. The predicted molar refractivity (Wildman–Crippen MR) is 112 cm³/mol. The molecule has 0 aliphatic carbocycles. The third kappa shape index (κ3) is 7.21. The highest BCUT2D eigenvalue weighted by atomic mass is 16.2. The summed E-state index contributed by atoms with van der Waals surface area (Å²) >= 11 is 0. The fourth-order valence-corrected chi connectivity index (χ4v) is 3.16. The number of rotatable bonds is 7. The van der Waals surface area contributed by atoms with E-state index in [1.807, 2.05) is 18.2 Å². The molecule has 1 aromatic rings. The summed E-state index contributed by atoms with van der Waals surface area (Å²) in [7, 11) is 3.52. The number of benzene rings is 1. The van der Waals surface area contributed by atoms with E-state index in [0.717, 1.165) is 25.2 Å². The van der Waals surface area contributed by atoms with Gasteiger partial charge in [-0.3, -0.25) is 9.69 Å². The molecule has 1 saturated heterocycles. The number of nitrogens with zero attached hydrogens (tertiary/aromatic N) is 3. The van der Waals surface area contributed by atoms with Gasteiger partial charge in [0, 0.05) is 26.2 Å². The van der Waals surface area contributed by atoms with Crippen molar-refractivity contribution in [3.63, 3.8) is 0 Å². The number of likely N-dealkylation sites (N-methyl/N-ethyl adjacent to an activating group) is 1. The molecule has 27 heavy (non-hydrogen) atoms. The van der Waals surface area contributed by atoms with E-state index in [2.05, 4.69) is 46.5 Å². The van der Waals surface area contributed by atoms with Gasteiger partial charge in [-0.1, -0.05) is 36.8 Å². The Morgan fingerprint density at radius 2 is 1.78 bits per heavy atom. The molecule has 1 aliphatic heterocycles. The molecule has 1 aliphatic rings. The fourth-order valence-electron chi connectivity index (χ4n) is 3.16. The molecule has 2 rings (SSSR count). The third-order valence-electron chi connectivity index (χ3n) is 5.07. The Hall–Kier alpha value is -2.08. The Morgan fingerprint density at radius 3 is 2.41 bits per heavy atom. The van der Waals surface area contributed by atoms with Gasteiger partial charge >= 0.3 is 0 Å². The molecule has 6 nitrogen and oxygen atoms in total. The molecule has 1 aromatic carbocycles. The van der Waals surface area contributed by atoms with E-state index < -0.39 is 0 Å². The average Bonchev–Trinajstić information content (AvgIpc) is 2.68. The lowest BCUT2D eigenvalue weighted by Gasteiger charge is -2.41. The number of hydrogen-bond donors (Lipinski definition) is 2. The average molecular weight is 374 g/mol. The molecular weight excluding hydrogens is 338 g/mol. The van der Waals surface area contributed by atoms with Crippen LogP contribution in [0, 0.1) is 0 Å². The lowest BCUT2D eigenvalue weighted by atomic mass is 9.98. The number of amides is 1. The van der Waals surface area contributed by atoms with Gasteiger partial charge in [-0.2, -0.15) is 0 Å². The number of piperidine rings is 1.